The Morgan fingerprint density at radius 2 is 1.77 bits per heavy atom. The number of nitrogens with one attached hydrogen (secondary N) is 2. The summed E-state index contributed by atoms with van der Waals surface area (Å²) in [5, 5.41) is 7.58. The maximum Gasteiger partial charge on any atom is 0.0767 e. The minimum Gasteiger partial charge on any atom is -0.377 e. The number of nitrogens with zero attached hydrogens (tertiary/aromatic N) is 2. The van der Waals surface area contributed by atoms with Gasteiger partial charge in [-0.1, -0.05) is 66.7 Å². The Balaban J connectivity index is 1.35. The van der Waals surface area contributed by atoms with E-state index >= 15 is 0 Å². The standard InChI is InChI=1S/C31H40N4/c1-23-13-14-29(24(2)20-23)30(27-10-7-6-8-11-27)34-25(3)22-35-18-15-31(5,16-19-35)33-21-28-12-9-17-32-26(28)4/h6-14,17,20,30,33-34H,3,15-16,18-19,21-22H2,1-2,4-5H3. The maximum atomic E-state index is 4.43. The molecule has 2 aromatic carbocycles. The van der Waals surface area contributed by atoms with Crippen LogP contribution in [-0.2, 0) is 6.54 Å². The van der Waals surface area contributed by atoms with Crippen LogP contribution in [0.5, 0.6) is 0 Å². The van der Waals surface area contributed by atoms with E-state index in [9.17, 15) is 0 Å². The number of benzene rings is 2. The average Bonchev–Trinajstić information content (AvgIpc) is 2.85. The second kappa shape index (κ2) is 11.2. The summed E-state index contributed by atoms with van der Waals surface area (Å²) in [6.07, 6.45) is 4.11. The van der Waals surface area contributed by atoms with Crippen molar-refractivity contribution in [1.29, 1.82) is 0 Å². The lowest BCUT2D eigenvalue weighted by Gasteiger charge is -2.40. The molecule has 1 saturated heterocycles. The van der Waals surface area contributed by atoms with Gasteiger partial charge in [-0.2, -0.15) is 0 Å². The van der Waals surface area contributed by atoms with E-state index in [4.69, 9.17) is 0 Å². The third-order valence-electron chi connectivity index (χ3n) is 7.41. The van der Waals surface area contributed by atoms with Crippen LogP contribution in [-0.4, -0.2) is 35.1 Å². The second-order valence-corrected chi connectivity index (χ2v) is 10.4. The van der Waals surface area contributed by atoms with E-state index in [0.29, 0.717) is 0 Å². The normalized spacial score (nSPS) is 16.6. The van der Waals surface area contributed by atoms with Crippen LogP contribution in [0.15, 0.2) is 79.1 Å². The molecule has 3 aromatic rings. The van der Waals surface area contributed by atoms with E-state index in [2.05, 4.69) is 109 Å². The summed E-state index contributed by atoms with van der Waals surface area (Å²) in [5.41, 5.74) is 8.79. The summed E-state index contributed by atoms with van der Waals surface area (Å²) in [6, 6.07) is 21.7. The lowest BCUT2D eigenvalue weighted by molar-refractivity contribution is 0.152. The van der Waals surface area contributed by atoms with Gasteiger partial charge in [0.1, 0.15) is 0 Å². The monoisotopic (exact) mass is 468 g/mol. The van der Waals surface area contributed by atoms with Crippen LogP contribution in [0.1, 0.15) is 59.3 Å². The van der Waals surface area contributed by atoms with Crippen LogP contribution in [0, 0.1) is 20.8 Å². The number of piperidine rings is 1. The number of aryl methyl sites for hydroxylation is 3. The highest BCUT2D eigenvalue weighted by atomic mass is 15.2. The van der Waals surface area contributed by atoms with Gasteiger partial charge in [0.15, 0.2) is 0 Å². The van der Waals surface area contributed by atoms with Crippen molar-refractivity contribution in [2.75, 3.05) is 19.6 Å². The molecule has 0 aliphatic carbocycles. The Morgan fingerprint density at radius 3 is 2.46 bits per heavy atom. The van der Waals surface area contributed by atoms with Gasteiger partial charge in [-0.3, -0.25) is 9.88 Å². The first-order valence-corrected chi connectivity index (χ1v) is 12.8. The van der Waals surface area contributed by atoms with Gasteiger partial charge in [-0.05, 0) is 68.9 Å². The molecule has 2 N–H and O–H groups in total. The number of pyridine rings is 1. The molecule has 4 rings (SSSR count). The fourth-order valence-corrected chi connectivity index (χ4v) is 5.05. The highest BCUT2D eigenvalue weighted by molar-refractivity contribution is 5.39. The number of rotatable bonds is 9. The molecule has 1 aliphatic heterocycles. The Bertz CT molecular complexity index is 1130. The first kappa shape index (κ1) is 25.2. The van der Waals surface area contributed by atoms with Crippen molar-refractivity contribution in [3.63, 3.8) is 0 Å². The van der Waals surface area contributed by atoms with Gasteiger partial charge < -0.3 is 10.6 Å². The SMILES string of the molecule is C=C(CN1CCC(C)(NCc2cccnc2C)CC1)NC(c1ccccc1)c1ccc(C)cc1C. The third-order valence-corrected chi connectivity index (χ3v) is 7.41. The molecule has 0 saturated carbocycles. The maximum absolute atomic E-state index is 4.43. The molecule has 184 valence electrons. The van der Waals surface area contributed by atoms with E-state index in [1.165, 1.54) is 27.8 Å². The molecule has 1 aliphatic rings. The molecular weight excluding hydrogens is 428 g/mol. The van der Waals surface area contributed by atoms with Crippen LogP contribution in [0.4, 0.5) is 0 Å². The van der Waals surface area contributed by atoms with E-state index in [1.54, 1.807) is 0 Å². The van der Waals surface area contributed by atoms with Crippen LogP contribution < -0.4 is 10.6 Å². The van der Waals surface area contributed by atoms with Crippen molar-refractivity contribution in [2.24, 2.45) is 0 Å². The Kier molecular flexibility index (Phi) is 8.04. The van der Waals surface area contributed by atoms with Gasteiger partial charge in [-0.25, -0.2) is 0 Å². The van der Waals surface area contributed by atoms with Gasteiger partial charge in [0.05, 0.1) is 6.04 Å². The van der Waals surface area contributed by atoms with Crippen molar-refractivity contribution >= 4 is 0 Å². The second-order valence-electron chi connectivity index (χ2n) is 10.4. The molecule has 1 unspecified atom stereocenters. The van der Waals surface area contributed by atoms with E-state index < -0.39 is 0 Å². The van der Waals surface area contributed by atoms with E-state index in [0.717, 1.165) is 50.4 Å². The highest BCUT2D eigenvalue weighted by Gasteiger charge is 2.30. The van der Waals surface area contributed by atoms with Crippen LogP contribution in [0.3, 0.4) is 0 Å². The summed E-state index contributed by atoms with van der Waals surface area (Å²) in [7, 11) is 0. The smallest absolute Gasteiger partial charge is 0.0767 e. The van der Waals surface area contributed by atoms with E-state index in [1.807, 2.05) is 12.3 Å². The molecule has 1 aromatic heterocycles. The predicted octanol–water partition coefficient (Wildman–Crippen LogP) is 5.84. The lowest BCUT2D eigenvalue weighted by Crippen LogP contribution is -2.51. The average molecular weight is 469 g/mol. The number of hydrogen-bond donors (Lipinski definition) is 2. The molecular formula is C31H40N4. The van der Waals surface area contributed by atoms with Crippen molar-refractivity contribution in [2.45, 2.75) is 58.7 Å². The topological polar surface area (TPSA) is 40.2 Å². The minimum absolute atomic E-state index is 0.101. The molecule has 1 atom stereocenters. The van der Waals surface area contributed by atoms with Crippen LogP contribution >= 0.6 is 0 Å². The molecule has 0 amide bonds. The van der Waals surface area contributed by atoms with Gasteiger partial charge in [0, 0.05) is 49.3 Å². The number of aromatic nitrogens is 1. The molecule has 4 nitrogen and oxygen atoms in total. The van der Waals surface area contributed by atoms with Crippen molar-refractivity contribution < 1.29 is 0 Å². The first-order valence-electron chi connectivity index (χ1n) is 12.8. The first-order chi connectivity index (χ1) is 16.8. The summed E-state index contributed by atoms with van der Waals surface area (Å²) < 4.78 is 0. The Hall–Kier alpha value is -2.95. The molecule has 1 fully saturated rings. The summed E-state index contributed by atoms with van der Waals surface area (Å²) in [6.45, 7) is 17.1. The zero-order chi connectivity index (χ0) is 24.8. The molecule has 0 spiro atoms. The molecule has 2 heterocycles. The highest BCUT2D eigenvalue weighted by Crippen LogP contribution is 2.28. The largest absolute Gasteiger partial charge is 0.377 e. The Morgan fingerprint density at radius 1 is 1.03 bits per heavy atom. The van der Waals surface area contributed by atoms with Crippen molar-refractivity contribution in [3.8, 4) is 0 Å². The summed E-state index contributed by atoms with van der Waals surface area (Å²) in [5.74, 6) is 0. The van der Waals surface area contributed by atoms with Gasteiger partial charge >= 0.3 is 0 Å². The molecule has 35 heavy (non-hydrogen) atoms. The number of likely N-dealkylation sites (tertiary alicyclic amines) is 1. The van der Waals surface area contributed by atoms with Crippen LogP contribution in [0.25, 0.3) is 0 Å². The lowest BCUT2D eigenvalue weighted by atomic mass is 9.89. The Labute approximate surface area is 211 Å². The van der Waals surface area contributed by atoms with Gasteiger partial charge in [0.2, 0.25) is 0 Å². The van der Waals surface area contributed by atoms with E-state index in [-0.39, 0.29) is 11.6 Å². The van der Waals surface area contributed by atoms with Crippen molar-refractivity contribution in [1.82, 2.24) is 20.5 Å². The molecule has 0 bridgehead atoms. The summed E-state index contributed by atoms with van der Waals surface area (Å²) >= 11 is 0. The fourth-order valence-electron chi connectivity index (χ4n) is 5.05. The summed E-state index contributed by atoms with van der Waals surface area (Å²) in [4.78, 5) is 6.95. The zero-order valence-electron chi connectivity index (χ0n) is 21.8. The predicted molar refractivity (Wildman–Crippen MR) is 146 cm³/mol. The fraction of sp³-hybridized carbons (Fsp3) is 0.387. The third kappa shape index (κ3) is 6.59. The quantitative estimate of drug-likeness (QED) is 0.414. The number of hydrogen-bond acceptors (Lipinski definition) is 4. The van der Waals surface area contributed by atoms with Crippen LogP contribution in [0.2, 0.25) is 0 Å². The minimum atomic E-state index is 0.101. The molecule has 0 radical (unpaired) electrons. The van der Waals surface area contributed by atoms with Crippen molar-refractivity contribution in [3.05, 3.63) is 113 Å². The van der Waals surface area contributed by atoms with Gasteiger partial charge in [-0.15, -0.1) is 0 Å². The van der Waals surface area contributed by atoms with Gasteiger partial charge in [0.25, 0.3) is 0 Å². The zero-order valence-corrected chi connectivity index (χ0v) is 21.8. The molecule has 4 heteroatoms.